The molecule has 1 heteroatoms. The molecule has 0 radical (unpaired) electrons. The zero-order valence-corrected chi connectivity index (χ0v) is 37.9. The van der Waals surface area contributed by atoms with Crippen molar-refractivity contribution in [3.8, 4) is 55.6 Å². The molecule has 0 aromatic heterocycles. The third kappa shape index (κ3) is 5.59. The maximum absolute atomic E-state index is 2.53. The molecular formula is C68H45N. The predicted molar refractivity (Wildman–Crippen MR) is 286 cm³/mol. The Labute approximate surface area is 403 Å². The first-order chi connectivity index (χ1) is 34.2. The number of rotatable bonds is 7. The van der Waals surface area contributed by atoms with E-state index in [2.05, 4.69) is 278 Å². The number of hydrogen-bond acceptors (Lipinski definition) is 1. The molecule has 0 aliphatic heterocycles. The lowest BCUT2D eigenvalue weighted by Gasteiger charge is -2.34. The van der Waals surface area contributed by atoms with Gasteiger partial charge in [0.15, 0.2) is 0 Å². The molecule has 0 amide bonds. The van der Waals surface area contributed by atoms with E-state index in [1.807, 2.05) is 0 Å². The van der Waals surface area contributed by atoms with Crippen molar-refractivity contribution in [3.05, 3.63) is 317 Å². The van der Waals surface area contributed by atoms with Crippen molar-refractivity contribution in [2.24, 2.45) is 0 Å². The molecule has 1 spiro atoms. The third-order valence-electron chi connectivity index (χ3n) is 15.4. The summed E-state index contributed by atoms with van der Waals surface area (Å²) in [4.78, 5) is 2.53. The van der Waals surface area contributed by atoms with Crippen molar-refractivity contribution in [1.29, 1.82) is 0 Å². The fraction of sp³-hybridized carbons (Fsp3) is 0.0294. The van der Waals surface area contributed by atoms with Gasteiger partial charge in [-0.25, -0.2) is 0 Å². The van der Waals surface area contributed by atoms with Gasteiger partial charge < -0.3 is 4.90 Å². The van der Waals surface area contributed by atoms with Crippen LogP contribution in [0.15, 0.2) is 273 Å². The molecule has 11 aromatic carbocycles. The molecule has 3 aliphatic rings. The number of anilines is 3. The molecule has 0 saturated carbocycles. The molecule has 1 nitrogen and oxygen atoms in total. The van der Waals surface area contributed by atoms with Crippen LogP contribution in [0.4, 0.5) is 17.1 Å². The van der Waals surface area contributed by atoms with Crippen LogP contribution in [-0.4, -0.2) is 0 Å². The summed E-state index contributed by atoms with van der Waals surface area (Å²) in [7, 11) is 0. The zero-order chi connectivity index (χ0) is 45.5. The van der Waals surface area contributed by atoms with E-state index in [0.29, 0.717) is 0 Å². The number of para-hydroxylation sites is 1. The van der Waals surface area contributed by atoms with Gasteiger partial charge in [0, 0.05) is 16.9 Å². The van der Waals surface area contributed by atoms with Crippen LogP contribution < -0.4 is 4.90 Å². The lowest BCUT2D eigenvalue weighted by molar-refractivity contribution is 0.768. The average molecular weight is 876 g/mol. The topological polar surface area (TPSA) is 3.24 Å². The van der Waals surface area contributed by atoms with E-state index < -0.39 is 10.8 Å². The molecular weight excluding hydrogens is 831 g/mol. The van der Waals surface area contributed by atoms with Crippen LogP contribution in [0.25, 0.3) is 55.6 Å². The van der Waals surface area contributed by atoms with Crippen LogP contribution in [0.2, 0.25) is 0 Å². The quantitative estimate of drug-likeness (QED) is 0.154. The summed E-state index contributed by atoms with van der Waals surface area (Å²) in [5, 5.41) is 0. The fourth-order valence-corrected chi connectivity index (χ4v) is 12.6. The normalized spacial score (nSPS) is 13.7. The van der Waals surface area contributed by atoms with Crippen LogP contribution in [0.3, 0.4) is 0 Å². The minimum absolute atomic E-state index is 0.477. The van der Waals surface area contributed by atoms with Gasteiger partial charge in [-0.15, -0.1) is 0 Å². The van der Waals surface area contributed by atoms with Gasteiger partial charge in [0.2, 0.25) is 0 Å². The highest BCUT2D eigenvalue weighted by Crippen LogP contribution is 2.64. The molecule has 0 atom stereocenters. The van der Waals surface area contributed by atoms with E-state index >= 15 is 0 Å². The highest BCUT2D eigenvalue weighted by molar-refractivity contribution is 5.98. The first-order valence-corrected chi connectivity index (χ1v) is 24.1. The molecule has 322 valence electrons. The lowest BCUT2D eigenvalue weighted by atomic mass is 9.68. The molecule has 3 aliphatic carbocycles. The van der Waals surface area contributed by atoms with Crippen molar-refractivity contribution in [2.75, 3.05) is 4.90 Å². The molecule has 0 heterocycles. The molecule has 69 heavy (non-hydrogen) atoms. The number of benzene rings is 11. The van der Waals surface area contributed by atoms with Crippen molar-refractivity contribution in [3.63, 3.8) is 0 Å². The third-order valence-corrected chi connectivity index (χ3v) is 15.4. The smallest absolute Gasteiger partial charge is 0.0726 e. The van der Waals surface area contributed by atoms with Gasteiger partial charge in [-0.3, -0.25) is 0 Å². The number of hydrogen-bond donors (Lipinski definition) is 0. The van der Waals surface area contributed by atoms with Gasteiger partial charge in [-0.05, 0) is 125 Å². The second kappa shape index (κ2) is 15.4. The van der Waals surface area contributed by atoms with Crippen molar-refractivity contribution in [1.82, 2.24) is 0 Å². The highest BCUT2D eigenvalue weighted by atomic mass is 15.1. The van der Waals surface area contributed by atoms with Crippen LogP contribution in [0.5, 0.6) is 0 Å². The SMILES string of the molecule is c1ccc(-c2ccc(-c3ccccc3N(c3ccc4c(c3)-c3ccccc3C4(c3ccccc3)c3ccccc3)c3ccc4c(c3)C3(c5ccccc5-c5ccccc53)c3ccccc3-4)cc2)cc1. The molecule has 0 N–H and O–H groups in total. The molecule has 0 saturated heterocycles. The standard InChI is InChI=1S/C68H45N/c1-4-20-46(21-5-1)47-36-38-48(39-37-47)53-26-14-19-35-66(53)69(51-41-43-64-59(44-51)57-30-13-15-31-60(57)67(64,49-22-6-2-7-23-49)50-24-8-3-9-25-50)52-40-42-58-56-29-12-18-34-63(56)68(65(58)45-52)61-32-16-10-27-54(61)55-28-11-17-33-62(55)68/h1-45H. The van der Waals surface area contributed by atoms with Gasteiger partial charge in [-0.2, -0.15) is 0 Å². The Hall–Kier alpha value is -8.78. The molecule has 11 aromatic rings. The monoisotopic (exact) mass is 875 g/mol. The summed E-state index contributed by atoms with van der Waals surface area (Å²) in [6.07, 6.45) is 0. The van der Waals surface area contributed by atoms with Gasteiger partial charge >= 0.3 is 0 Å². The number of nitrogens with zero attached hydrogens (tertiary/aromatic N) is 1. The van der Waals surface area contributed by atoms with E-state index in [1.165, 1.54) is 89.0 Å². The van der Waals surface area contributed by atoms with Crippen LogP contribution >= 0.6 is 0 Å². The van der Waals surface area contributed by atoms with Crippen LogP contribution in [-0.2, 0) is 10.8 Å². The van der Waals surface area contributed by atoms with Crippen molar-refractivity contribution >= 4 is 17.1 Å². The molecule has 14 rings (SSSR count). The van der Waals surface area contributed by atoms with Crippen molar-refractivity contribution < 1.29 is 0 Å². The van der Waals surface area contributed by atoms with E-state index in [0.717, 1.165) is 28.2 Å². The maximum Gasteiger partial charge on any atom is 0.0726 e. The Balaban J connectivity index is 1.03. The summed E-state index contributed by atoms with van der Waals surface area (Å²) in [5.74, 6) is 0. The Morgan fingerprint density at radius 1 is 0.217 bits per heavy atom. The molecule has 0 unspecified atom stereocenters. The Morgan fingerprint density at radius 3 is 1.16 bits per heavy atom. The summed E-state index contributed by atoms with van der Waals surface area (Å²) in [6, 6.07) is 102. The van der Waals surface area contributed by atoms with Gasteiger partial charge in [0.1, 0.15) is 0 Å². The van der Waals surface area contributed by atoms with Crippen LogP contribution in [0.1, 0.15) is 44.5 Å². The zero-order valence-electron chi connectivity index (χ0n) is 37.9. The maximum atomic E-state index is 2.53. The summed E-state index contributed by atoms with van der Waals surface area (Å²) >= 11 is 0. The minimum Gasteiger partial charge on any atom is -0.310 e. The lowest BCUT2D eigenvalue weighted by Crippen LogP contribution is -2.28. The predicted octanol–water partition coefficient (Wildman–Crippen LogP) is 17.2. The van der Waals surface area contributed by atoms with Gasteiger partial charge in [-0.1, -0.05) is 243 Å². The average Bonchev–Trinajstić information content (AvgIpc) is 4.02. The minimum atomic E-state index is -0.495. The van der Waals surface area contributed by atoms with E-state index in [1.54, 1.807) is 0 Å². The Kier molecular flexibility index (Phi) is 8.78. The Morgan fingerprint density at radius 2 is 0.594 bits per heavy atom. The van der Waals surface area contributed by atoms with E-state index in [4.69, 9.17) is 0 Å². The summed E-state index contributed by atoms with van der Waals surface area (Å²) in [5.41, 5.74) is 25.2. The van der Waals surface area contributed by atoms with Crippen LogP contribution in [0, 0.1) is 0 Å². The molecule has 0 fully saturated rings. The highest BCUT2D eigenvalue weighted by Gasteiger charge is 2.52. The second-order valence-corrected chi connectivity index (χ2v) is 18.7. The Bertz CT molecular complexity index is 3670. The fourth-order valence-electron chi connectivity index (χ4n) is 12.6. The second-order valence-electron chi connectivity index (χ2n) is 18.7. The van der Waals surface area contributed by atoms with E-state index in [-0.39, 0.29) is 0 Å². The molecule has 0 bridgehead atoms. The first kappa shape index (κ1) is 39.4. The first-order valence-electron chi connectivity index (χ1n) is 24.1. The van der Waals surface area contributed by atoms with Crippen molar-refractivity contribution in [2.45, 2.75) is 10.8 Å². The summed E-state index contributed by atoms with van der Waals surface area (Å²) in [6.45, 7) is 0. The number of fused-ring (bicyclic) bond motifs is 13. The van der Waals surface area contributed by atoms with E-state index in [9.17, 15) is 0 Å². The summed E-state index contributed by atoms with van der Waals surface area (Å²) < 4.78 is 0. The van der Waals surface area contributed by atoms with Gasteiger partial charge in [0.05, 0.1) is 16.5 Å². The van der Waals surface area contributed by atoms with Gasteiger partial charge in [0.25, 0.3) is 0 Å². The largest absolute Gasteiger partial charge is 0.310 e.